The van der Waals surface area contributed by atoms with E-state index in [0.717, 1.165) is 12.5 Å². The van der Waals surface area contributed by atoms with Crippen LogP contribution in [0, 0.1) is 12.8 Å². The van der Waals surface area contributed by atoms with Crippen molar-refractivity contribution in [2.75, 3.05) is 19.6 Å². The Hall–Kier alpha value is -0.860. The zero-order valence-electron chi connectivity index (χ0n) is 12.4. The van der Waals surface area contributed by atoms with Crippen LogP contribution in [-0.4, -0.2) is 24.5 Å². The molecule has 2 heteroatoms. The van der Waals surface area contributed by atoms with Gasteiger partial charge in [0.2, 0.25) is 0 Å². The van der Waals surface area contributed by atoms with E-state index in [9.17, 15) is 0 Å². The Morgan fingerprint density at radius 2 is 1.84 bits per heavy atom. The van der Waals surface area contributed by atoms with Crippen LogP contribution in [0.5, 0.6) is 0 Å². The van der Waals surface area contributed by atoms with E-state index in [-0.39, 0.29) is 6.04 Å². The normalized spacial score (nSPS) is 19.5. The molecule has 1 heterocycles. The lowest BCUT2D eigenvalue weighted by molar-refractivity contribution is 0.170. The third kappa shape index (κ3) is 4.32. The van der Waals surface area contributed by atoms with E-state index in [4.69, 9.17) is 5.73 Å². The third-order valence-electron chi connectivity index (χ3n) is 4.36. The Labute approximate surface area is 118 Å². The lowest BCUT2D eigenvalue weighted by atomic mass is 9.92. The maximum Gasteiger partial charge on any atom is 0.0424 e. The van der Waals surface area contributed by atoms with Crippen LogP contribution in [0.2, 0.25) is 0 Å². The Morgan fingerprint density at radius 3 is 2.42 bits per heavy atom. The molecule has 2 nitrogen and oxygen atoms in total. The van der Waals surface area contributed by atoms with Crippen LogP contribution in [0.4, 0.5) is 0 Å². The van der Waals surface area contributed by atoms with Crippen molar-refractivity contribution in [1.29, 1.82) is 0 Å². The molecule has 19 heavy (non-hydrogen) atoms. The molecule has 1 aliphatic heterocycles. The van der Waals surface area contributed by atoms with Crippen molar-refractivity contribution >= 4 is 0 Å². The van der Waals surface area contributed by atoms with Gasteiger partial charge >= 0.3 is 0 Å². The van der Waals surface area contributed by atoms with Crippen molar-refractivity contribution in [3.05, 3.63) is 35.4 Å². The summed E-state index contributed by atoms with van der Waals surface area (Å²) in [6, 6.07) is 8.81. The van der Waals surface area contributed by atoms with E-state index >= 15 is 0 Å². The molecule has 2 rings (SSSR count). The summed E-state index contributed by atoms with van der Waals surface area (Å²) < 4.78 is 0. The molecule has 106 valence electrons. The lowest BCUT2D eigenvalue weighted by Gasteiger charge is -2.33. The highest BCUT2D eigenvalue weighted by Gasteiger charge is 2.20. The minimum absolute atomic E-state index is 0.156. The van der Waals surface area contributed by atoms with Crippen molar-refractivity contribution in [2.24, 2.45) is 11.7 Å². The summed E-state index contributed by atoms with van der Waals surface area (Å²) in [6.45, 7) is 7.86. The molecule has 0 aromatic heterocycles. The maximum atomic E-state index is 6.33. The van der Waals surface area contributed by atoms with Crippen molar-refractivity contribution in [2.45, 2.75) is 45.6 Å². The molecule has 1 saturated heterocycles. The first-order chi connectivity index (χ1) is 9.19. The molecule has 2 N–H and O–H groups in total. The Bertz CT molecular complexity index is 363. The highest BCUT2D eigenvalue weighted by Crippen LogP contribution is 2.23. The minimum Gasteiger partial charge on any atom is -0.323 e. The van der Waals surface area contributed by atoms with Gasteiger partial charge in [-0.3, -0.25) is 0 Å². The van der Waals surface area contributed by atoms with E-state index in [1.165, 1.54) is 49.9 Å². The molecule has 0 amide bonds. The number of hydrogen-bond donors (Lipinski definition) is 1. The molecule has 1 atom stereocenters. The predicted molar refractivity (Wildman–Crippen MR) is 82.2 cm³/mol. The summed E-state index contributed by atoms with van der Waals surface area (Å²) in [7, 11) is 0. The van der Waals surface area contributed by atoms with Crippen molar-refractivity contribution in [3.8, 4) is 0 Å². The van der Waals surface area contributed by atoms with E-state index in [2.05, 4.69) is 43.0 Å². The molecule has 1 fully saturated rings. The van der Waals surface area contributed by atoms with Crippen LogP contribution in [0.15, 0.2) is 24.3 Å². The van der Waals surface area contributed by atoms with E-state index in [1.807, 2.05) is 0 Å². The van der Waals surface area contributed by atoms with Crippen molar-refractivity contribution in [3.63, 3.8) is 0 Å². The summed E-state index contributed by atoms with van der Waals surface area (Å²) in [5, 5.41) is 0. The predicted octanol–water partition coefficient (Wildman–Crippen LogP) is 3.51. The fraction of sp³-hybridized carbons (Fsp3) is 0.647. The van der Waals surface area contributed by atoms with Gasteiger partial charge in [0, 0.05) is 12.6 Å². The average molecular weight is 260 g/mol. The van der Waals surface area contributed by atoms with Gasteiger partial charge in [-0.15, -0.1) is 0 Å². The number of benzene rings is 1. The average Bonchev–Trinajstić information content (AvgIpc) is 2.42. The SMILES string of the molecule is CCCC1CCN(CC(N)c2ccc(C)cc2)CC1. The highest BCUT2D eigenvalue weighted by molar-refractivity contribution is 5.24. The number of aryl methyl sites for hydroxylation is 1. The first-order valence-corrected chi connectivity index (χ1v) is 7.73. The molecule has 1 aromatic rings. The van der Waals surface area contributed by atoms with Gasteiger partial charge in [-0.1, -0.05) is 49.6 Å². The number of likely N-dealkylation sites (tertiary alicyclic amines) is 1. The fourth-order valence-corrected chi connectivity index (χ4v) is 3.06. The monoisotopic (exact) mass is 260 g/mol. The number of nitrogens with two attached hydrogens (primary N) is 1. The Kier molecular flexibility index (Phi) is 5.41. The summed E-state index contributed by atoms with van der Waals surface area (Å²) in [5.41, 5.74) is 8.89. The van der Waals surface area contributed by atoms with Gasteiger partial charge in [0.05, 0.1) is 0 Å². The molecule has 0 bridgehead atoms. The minimum atomic E-state index is 0.156. The maximum absolute atomic E-state index is 6.33. The van der Waals surface area contributed by atoms with Crippen molar-refractivity contribution in [1.82, 2.24) is 4.90 Å². The number of hydrogen-bond acceptors (Lipinski definition) is 2. The van der Waals surface area contributed by atoms with Crippen LogP contribution >= 0.6 is 0 Å². The standard InChI is InChI=1S/C17H28N2/c1-3-4-15-9-11-19(12-10-15)13-17(18)16-7-5-14(2)6-8-16/h5-8,15,17H,3-4,9-13,18H2,1-2H3. The zero-order valence-corrected chi connectivity index (χ0v) is 12.4. The summed E-state index contributed by atoms with van der Waals surface area (Å²) >= 11 is 0. The number of piperidine rings is 1. The fourth-order valence-electron chi connectivity index (χ4n) is 3.06. The molecule has 1 aliphatic rings. The van der Waals surface area contributed by atoms with Gasteiger partial charge in [-0.2, -0.15) is 0 Å². The van der Waals surface area contributed by atoms with Crippen LogP contribution in [0.25, 0.3) is 0 Å². The molecule has 0 spiro atoms. The van der Waals surface area contributed by atoms with Gasteiger partial charge in [0.1, 0.15) is 0 Å². The molecule has 1 aromatic carbocycles. The van der Waals surface area contributed by atoms with E-state index in [1.54, 1.807) is 0 Å². The second-order valence-corrected chi connectivity index (χ2v) is 6.05. The Balaban J connectivity index is 1.80. The Morgan fingerprint density at radius 1 is 1.21 bits per heavy atom. The quantitative estimate of drug-likeness (QED) is 0.878. The topological polar surface area (TPSA) is 29.3 Å². The first-order valence-electron chi connectivity index (χ1n) is 7.73. The van der Waals surface area contributed by atoms with Gasteiger partial charge in [-0.05, 0) is 44.3 Å². The molecule has 0 saturated carbocycles. The molecule has 1 unspecified atom stereocenters. The van der Waals surface area contributed by atoms with E-state index < -0.39 is 0 Å². The summed E-state index contributed by atoms with van der Waals surface area (Å²) in [4.78, 5) is 2.54. The lowest BCUT2D eigenvalue weighted by Crippen LogP contribution is -2.38. The first kappa shape index (κ1) is 14.5. The number of nitrogens with zero attached hydrogens (tertiary/aromatic N) is 1. The van der Waals surface area contributed by atoms with Crippen LogP contribution in [0.1, 0.15) is 49.8 Å². The molecule has 0 aliphatic carbocycles. The largest absolute Gasteiger partial charge is 0.323 e. The molecular formula is C17H28N2. The van der Waals surface area contributed by atoms with Crippen LogP contribution in [0.3, 0.4) is 0 Å². The molecular weight excluding hydrogens is 232 g/mol. The summed E-state index contributed by atoms with van der Waals surface area (Å²) in [5.74, 6) is 0.955. The number of rotatable bonds is 5. The zero-order chi connectivity index (χ0) is 13.7. The van der Waals surface area contributed by atoms with E-state index in [0.29, 0.717) is 0 Å². The summed E-state index contributed by atoms with van der Waals surface area (Å²) in [6.07, 6.45) is 5.44. The van der Waals surface area contributed by atoms with Gasteiger partial charge in [0.15, 0.2) is 0 Å². The van der Waals surface area contributed by atoms with Gasteiger partial charge in [-0.25, -0.2) is 0 Å². The van der Waals surface area contributed by atoms with Gasteiger partial charge < -0.3 is 10.6 Å². The van der Waals surface area contributed by atoms with Crippen LogP contribution in [-0.2, 0) is 0 Å². The molecule has 0 radical (unpaired) electrons. The second kappa shape index (κ2) is 7.06. The third-order valence-corrected chi connectivity index (χ3v) is 4.36. The van der Waals surface area contributed by atoms with Gasteiger partial charge in [0.25, 0.3) is 0 Å². The van der Waals surface area contributed by atoms with Crippen LogP contribution < -0.4 is 5.73 Å². The highest BCUT2D eigenvalue weighted by atomic mass is 15.1. The second-order valence-electron chi connectivity index (χ2n) is 6.05. The van der Waals surface area contributed by atoms with Crippen molar-refractivity contribution < 1.29 is 0 Å². The smallest absolute Gasteiger partial charge is 0.0424 e.